The Morgan fingerprint density at radius 2 is 1.81 bits per heavy atom. The van der Waals surface area contributed by atoms with Gasteiger partial charge in [-0.15, -0.1) is 0 Å². The topological polar surface area (TPSA) is 68.5 Å². The number of nitrogens with zero attached hydrogens (tertiary/aromatic N) is 1. The maximum atomic E-state index is 12.3. The van der Waals surface area contributed by atoms with Gasteiger partial charge in [-0.3, -0.25) is 4.79 Å². The third-order valence-electron chi connectivity index (χ3n) is 3.27. The van der Waals surface area contributed by atoms with Crippen molar-refractivity contribution in [2.24, 2.45) is 0 Å². The van der Waals surface area contributed by atoms with Crippen molar-refractivity contribution in [1.82, 2.24) is 4.57 Å². The summed E-state index contributed by atoms with van der Waals surface area (Å²) in [5.74, 6) is -0.540. The number of hydrogen-bond acceptors (Lipinski definition) is 3. The first kappa shape index (κ1) is 14.8. The van der Waals surface area contributed by atoms with E-state index in [0.29, 0.717) is 16.9 Å². The summed E-state index contributed by atoms with van der Waals surface area (Å²) in [5, 5.41) is 9.19. The number of hydrogen-bond donors (Lipinski definition) is 1. The molecule has 0 bridgehead atoms. The summed E-state index contributed by atoms with van der Waals surface area (Å²) in [6.45, 7) is 3.85. The summed E-state index contributed by atoms with van der Waals surface area (Å²) in [6, 6.07) is 7.02. The molecule has 1 aromatic heterocycles. The van der Waals surface area contributed by atoms with Crippen LogP contribution >= 0.6 is 0 Å². The second kappa shape index (κ2) is 5.83. The van der Waals surface area contributed by atoms with Crippen LogP contribution in [0.25, 0.3) is 11.1 Å². The van der Waals surface area contributed by atoms with E-state index in [1.807, 2.05) is 13.8 Å². The van der Waals surface area contributed by atoms with Crippen LogP contribution in [0.5, 0.6) is 5.75 Å². The van der Waals surface area contributed by atoms with E-state index in [1.165, 1.54) is 6.20 Å². The van der Waals surface area contributed by atoms with Crippen LogP contribution in [0.1, 0.15) is 30.2 Å². The molecule has 5 nitrogen and oxygen atoms in total. The van der Waals surface area contributed by atoms with E-state index >= 15 is 0 Å². The standard InChI is InChI=1S/C16H17NO4/c1-10(2)17-8-13(15(18)14(9-17)16(19)20)11-4-6-12(21-3)7-5-11/h4-10H,1-3H3,(H,19,20). The number of benzene rings is 1. The molecule has 0 saturated carbocycles. The zero-order valence-electron chi connectivity index (χ0n) is 12.2. The van der Waals surface area contributed by atoms with Crippen LogP contribution in [-0.4, -0.2) is 22.8 Å². The van der Waals surface area contributed by atoms with Gasteiger partial charge >= 0.3 is 5.97 Å². The second-order valence-electron chi connectivity index (χ2n) is 4.99. The highest BCUT2D eigenvalue weighted by atomic mass is 16.5. The lowest BCUT2D eigenvalue weighted by molar-refractivity contribution is 0.0694. The molecule has 1 N–H and O–H groups in total. The van der Waals surface area contributed by atoms with Crippen molar-refractivity contribution in [3.05, 3.63) is 52.4 Å². The number of carbonyl (C=O) groups is 1. The Morgan fingerprint density at radius 1 is 1.19 bits per heavy atom. The fourth-order valence-electron chi connectivity index (χ4n) is 2.02. The van der Waals surface area contributed by atoms with Crippen LogP contribution < -0.4 is 10.2 Å². The summed E-state index contributed by atoms with van der Waals surface area (Å²) in [4.78, 5) is 23.6. The smallest absolute Gasteiger partial charge is 0.341 e. The first-order chi connectivity index (χ1) is 9.93. The van der Waals surface area contributed by atoms with E-state index in [9.17, 15) is 14.7 Å². The van der Waals surface area contributed by atoms with Gasteiger partial charge in [0.2, 0.25) is 5.43 Å². The van der Waals surface area contributed by atoms with Gasteiger partial charge in [-0.1, -0.05) is 12.1 Å². The molecular formula is C16H17NO4. The van der Waals surface area contributed by atoms with E-state index in [1.54, 1.807) is 42.1 Å². The maximum Gasteiger partial charge on any atom is 0.341 e. The molecule has 0 aliphatic heterocycles. The Kier molecular flexibility index (Phi) is 4.12. The zero-order valence-corrected chi connectivity index (χ0v) is 12.2. The van der Waals surface area contributed by atoms with Gasteiger partial charge in [-0.25, -0.2) is 4.79 Å². The summed E-state index contributed by atoms with van der Waals surface area (Å²) in [6.07, 6.45) is 3.06. The molecule has 0 spiro atoms. The van der Waals surface area contributed by atoms with Gasteiger partial charge < -0.3 is 14.4 Å². The molecule has 110 valence electrons. The molecule has 21 heavy (non-hydrogen) atoms. The number of rotatable bonds is 4. The lowest BCUT2D eigenvalue weighted by Gasteiger charge is -2.14. The quantitative estimate of drug-likeness (QED) is 0.938. The van der Waals surface area contributed by atoms with Gasteiger partial charge in [0.25, 0.3) is 0 Å². The molecule has 0 unspecified atom stereocenters. The normalized spacial score (nSPS) is 10.7. The van der Waals surface area contributed by atoms with Crippen LogP contribution in [0.4, 0.5) is 0 Å². The highest BCUT2D eigenvalue weighted by Crippen LogP contribution is 2.21. The van der Waals surface area contributed by atoms with E-state index in [4.69, 9.17) is 4.74 Å². The van der Waals surface area contributed by atoms with Gasteiger partial charge in [0.15, 0.2) is 0 Å². The summed E-state index contributed by atoms with van der Waals surface area (Å²) < 4.78 is 6.81. The monoisotopic (exact) mass is 287 g/mol. The second-order valence-corrected chi connectivity index (χ2v) is 4.99. The molecule has 1 heterocycles. The molecule has 0 radical (unpaired) electrons. The number of pyridine rings is 1. The van der Waals surface area contributed by atoms with Crippen LogP contribution in [0.3, 0.4) is 0 Å². The Bertz CT molecular complexity index is 714. The molecule has 0 aliphatic carbocycles. The van der Waals surface area contributed by atoms with Crippen LogP contribution in [-0.2, 0) is 0 Å². The number of aromatic carboxylic acids is 1. The zero-order chi connectivity index (χ0) is 15.6. The first-order valence-electron chi connectivity index (χ1n) is 6.57. The minimum Gasteiger partial charge on any atom is -0.497 e. The number of aromatic nitrogens is 1. The SMILES string of the molecule is COc1ccc(-c2cn(C(C)C)cc(C(=O)O)c2=O)cc1. The number of methoxy groups -OCH3 is 1. The predicted octanol–water partition coefficient (Wildman–Crippen LogP) is 2.80. The predicted molar refractivity (Wildman–Crippen MR) is 80.0 cm³/mol. The molecule has 0 fully saturated rings. The average molecular weight is 287 g/mol. The molecule has 2 rings (SSSR count). The Hall–Kier alpha value is -2.56. The third kappa shape index (κ3) is 2.97. The van der Waals surface area contributed by atoms with Crippen molar-refractivity contribution in [2.45, 2.75) is 19.9 Å². The van der Waals surface area contributed by atoms with Gasteiger partial charge in [0, 0.05) is 24.0 Å². The molecule has 0 atom stereocenters. The maximum absolute atomic E-state index is 12.3. The Balaban J connectivity index is 2.65. The van der Waals surface area contributed by atoms with E-state index in [0.717, 1.165) is 0 Å². The lowest BCUT2D eigenvalue weighted by Crippen LogP contribution is -2.20. The largest absolute Gasteiger partial charge is 0.497 e. The molecular weight excluding hydrogens is 270 g/mol. The minimum atomic E-state index is -1.22. The van der Waals surface area contributed by atoms with Gasteiger partial charge in [0.05, 0.1) is 7.11 Å². The van der Waals surface area contributed by atoms with Crippen LogP contribution in [0.2, 0.25) is 0 Å². The van der Waals surface area contributed by atoms with Crippen molar-refractivity contribution in [3.63, 3.8) is 0 Å². The molecule has 5 heteroatoms. The minimum absolute atomic E-state index is 0.0562. The van der Waals surface area contributed by atoms with E-state index in [-0.39, 0.29) is 11.6 Å². The van der Waals surface area contributed by atoms with E-state index < -0.39 is 11.4 Å². The molecule has 2 aromatic rings. The van der Waals surface area contributed by atoms with Crippen molar-refractivity contribution in [3.8, 4) is 16.9 Å². The van der Waals surface area contributed by atoms with E-state index in [2.05, 4.69) is 0 Å². The first-order valence-corrected chi connectivity index (χ1v) is 6.57. The van der Waals surface area contributed by atoms with Gasteiger partial charge in [-0.05, 0) is 31.5 Å². The third-order valence-corrected chi connectivity index (χ3v) is 3.27. The fraction of sp³-hybridized carbons (Fsp3) is 0.250. The fourth-order valence-corrected chi connectivity index (χ4v) is 2.02. The van der Waals surface area contributed by atoms with Crippen molar-refractivity contribution in [2.75, 3.05) is 7.11 Å². The molecule has 0 aliphatic rings. The Labute approximate surface area is 122 Å². The number of carboxylic acids is 1. The molecule has 1 aromatic carbocycles. The van der Waals surface area contributed by atoms with Crippen LogP contribution in [0.15, 0.2) is 41.5 Å². The summed E-state index contributed by atoms with van der Waals surface area (Å²) in [7, 11) is 1.56. The number of carboxylic acid groups (broad SMARTS) is 1. The van der Waals surface area contributed by atoms with Crippen molar-refractivity contribution >= 4 is 5.97 Å². The average Bonchev–Trinajstić information content (AvgIpc) is 2.47. The summed E-state index contributed by atoms with van der Waals surface area (Å²) in [5.41, 5.74) is 0.325. The molecule has 0 amide bonds. The van der Waals surface area contributed by atoms with Gasteiger partial charge in [-0.2, -0.15) is 0 Å². The lowest BCUT2D eigenvalue weighted by atomic mass is 10.0. The molecule has 0 saturated heterocycles. The Morgan fingerprint density at radius 3 is 2.29 bits per heavy atom. The summed E-state index contributed by atoms with van der Waals surface area (Å²) >= 11 is 0. The highest BCUT2D eigenvalue weighted by Gasteiger charge is 2.16. The van der Waals surface area contributed by atoms with Gasteiger partial charge in [0.1, 0.15) is 11.3 Å². The van der Waals surface area contributed by atoms with Crippen molar-refractivity contribution < 1.29 is 14.6 Å². The van der Waals surface area contributed by atoms with Crippen LogP contribution in [0, 0.1) is 0 Å². The van der Waals surface area contributed by atoms with Crippen molar-refractivity contribution in [1.29, 1.82) is 0 Å². The number of ether oxygens (including phenoxy) is 1. The highest BCUT2D eigenvalue weighted by molar-refractivity contribution is 5.88.